The van der Waals surface area contributed by atoms with E-state index in [1.807, 2.05) is 0 Å². The standard InChI is InChI=1S/C12H16/c1-2-4-6-8-10-12-11-9-7-5-3-1/h1-4,7-10H,5-6,11-12H2/b3-1-,4-2+,9-7+,10-8+. The zero-order valence-electron chi connectivity index (χ0n) is 7.45. The number of allylic oxidation sites excluding steroid dienone is 8. The Labute approximate surface area is 75.0 Å². The van der Waals surface area contributed by atoms with Crippen molar-refractivity contribution < 1.29 is 0 Å². The van der Waals surface area contributed by atoms with Gasteiger partial charge in [-0.2, -0.15) is 0 Å². The first-order chi connectivity index (χ1) is 6.00. The molecule has 0 aliphatic heterocycles. The fourth-order valence-electron chi connectivity index (χ4n) is 1.09. The summed E-state index contributed by atoms with van der Waals surface area (Å²) in [6, 6.07) is 0. The van der Waals surface area contributed by atoms with Crippen molar-refractivity contribution in [3.63, 3.8) is 0 Å². The summed E-state index contributed by atoms with van der Waals surface area (Å²) in [6.45, 7) is 0. The Morgan fingerprint density at radius 1 is 0.500 bits per heavy atom. The van der Waals surface area contributed by atoms with Gasteiger partial charge in [0, 0.05) is 0 Å². The molecule has 1 aliphatic rings. The second-order valence-corrected chi connectivity index (χ2v) is 2.85. The van der Waals surface area contributed by atoms with E-state index >= 15 is 0 Å². The smallest absolute Gasteiger partial charge is 0.0166 e. The molecule has 0 atom stereocenters. The molecule has 0 amide bonds. The van der Waals surface area contributed by atoms with Gasteiger partial charge in [-0.05, 0) is 25.7 Å². The molecule has 0 heteroatoms. The van der Waals surface area contributed by atoms with Crippen molar-refractivity contribution in [3.05, 3.63) is 48.6 Å². The predicted octanol–water partition coefficient (Wildman–Crippen LogP) is 3.79. The van der Waals surface area contributed by atoms with Gasteiger partial charge in [-0.15, -0.1) is 0 Å². The third kappa shape index (κ3) is 4.73. The fraction of sp³-hybridized carbons (Fsp3) is 0.333. The largest absolute Gasteiger partial charge is 0.0879 e. The van der Waals surface area contributed by atoms with Crippen LogP contribution in [-0.4, -0.2) is 0 Å². The van der Waals surface area contributed by atoms with E-state index < -0.39 is 0 Å². The van der Waals surface area contributed by atoms with Crippen LogP contribution < -0.4 is 0 Å². The molecule has 0 nitrogen and oxygen atoms in total. The molecule has 0 spiro atoms. The van der Waals surface area contributed by atoms with Crippen LogP contribution in [0.3, 0.4) is 0 Å². The van der Waals surface area contributed by atoms with E-state index in [0.29, 0.717) is 0 Å². The van der Waals surface area contributed by atoms with E-state index in [1.54, 1.807) is 0 Å². The normalized spacial score (nSPS) is 29.3. The van der Waals surface area contributed by atoms with Gasteiger partial charge in [0.2, 0.25) is 0 Å². The average molecular weight is 160 g/mol. The molecule has 0 aromatic rings. The quantitative estimate of drug-likeness (QED) is 0.473. The zero-order valence-corrected chi connectivity index (χ0v) is 7.45. The summed E-state index contributed by atoms with van der Waals surface area (Å²) in [5, 5.41) is 0. The number of rotatable bonds is 0. The second-order valence-electron chi connectivity index (χ2n) is 2.85. The molecule has 0 aromatic carbocycles. The van der Waals surface area contributed by atoms with E-state index in [9.17, 15) is 0 Å². The van der Waals surface area contributed by atoms with Gasteiger partial charge in [0.25, 0.3) is 0 Å². The summed E-state index contributed by atoms with van der Waals surface area (Å²) >= 11 is 0. The molecule has 0 aromatic heterocycles. The molecule has 12 heavy (non-hydrogen) atoms. The van der Waals surface area contributed by atoms with E-state index in [4.69, 9.17) is 0 Å². The van der Waals surface area contributed by atoms with Crippen LogP contribution in [0.2, 0.25) is 0 Å². The second kappa shape index (κ2) is 6.66. The molecule has 0 bridgehead atoms. The molecule has 0 unspecified atom stereocenters. The van der Waals surface area contributed by atoms with Crippen molar-refractivity contribution in [1.29, 1.82) is 0 Å². The van der Waals surface area contributed by atoms with E-state index in [-0.39, 0.29) is 0 Å². The van der Waals surface area contributed by atoms with Gasteiger partial charge in [-0.3, -0.25) is 0 Å². The van der Waals surface area contributed by atoms with E-state index in [2.05, 4.69) is 48.6 Å². The summed E-state index contributed by atoms with van der Waals surface area (Å²) in [4.78, 5) is 0. The summed E-state index contributed by atoms with van der Waals surface area (Å²) < 4.78 is 0. The van der Waals surface area contributed by atoms with Crippen LogP contribution in [-0.2, 0) is 0 Å². The maximum atomic E-state index is 2.25. The van der Waals surface area contributed by atoms with Gasteiger partial charge in [-0.1, -0.05) is 48.6 Å². The number of hydrogen-bond acceptors (Lipinski definition) is 0. The Kier molecular flexibility index (Phi) is 5.02. The minimum absolute atomic E-state index is 1.06. The average Bonchev–Trinajstić information content (AvgIpc) is 2.05. The van der Waals surface area contributed by atoms with Crippen molar-refractivity contribution in [1.82, 2.24) is 0 Å². The van der Waals surface area contributed by atoms with Crippen LogP contribution in [0.15, 0.2) is 48.6 Å². The minimum Gasteiger partial charge on any atom is -0.0879 e. The Morgan fingerprint density at radius 2 is 1.00 bits per heavy atom. The predicted molar refractivity (Wildman–Crippen MR) is 55.0 cm³/mol. The van der Waals surface area contributed by atoms with E-state index in [0.717, 1.165) is 12.8 Å². The summed E-state index contributed by atoms with van der Waals surface area (Å²) in [5.74, 6) is 0. The van der Waals surface area contributed by atoms with Crippen LogP contribution in [0.25, 0.3) is 0 Å². The summed E-state index contributed by atoms with van der Waals surface area (Å²) in [7, 11) is 0. The highest BCUT2D eigenvalue weighted by Crippen LogP contribution is 1.98. The van der Waals surface area contributed by atoms with E-state index in [1.165, 1.54) is 12.8 Å². The topological polar surface area (TPSA) is 0 Å². The highest BCUT2D eigenvalue weighted by molar-refractivity contribution is 5.07. The minimum atomic E-state index is 1.06. The van der Waals surface area contributed by atoms with Crippen molar-refractivity contribution in [2.75, 3.05) is 0 Å². The van der Waals surface area contributed by atoms with Crippen LogP contribution >= 0.6 is 0 Å². The lowest BCUT2D eigenvalue weighted by atomic mass is 10.2. The van der Waals surface area contributed by atoms with Crippen molar-refractivity contribution in [2.24, 2.45) is 0 Å². The molecule has 1 aliphatic carbocycles. The molecule has 0 N–H and O–H groups in total. The van der Waals surface area contributed by atoms with Gasteiger partial charge >= 0.3 is 0 Å². The maximum absolute atomic E-state index is 2.25. The zero-order chi connectivity index (χ0) is 8.49. The van der Waals surface area contributed by atoms with Crippen molar-refractivity contribution >= 4 is 0 Å². The third-order valence-corrected chi connectivity index (χ3v) is 1.76. The van der Waals surface area contributed by atoms with Gasteiger partial charge in [0.15, 0.2) is 0 Å². The monoisotopic (exact) mass is 160 g/mol. The first-order valence-corrected chi connectivity index (χ1v) is 4.62. The van der Waals surface area contributed by atoms with Crippen molar-refractivity contribution in [3.8, 4) is 0 Å². The Hall–Kier alpha value is -1.04. The Bertz CT molecular complexity index is 180. The lowest BCUT2D eigenvalue weighted by Crippen LogP contribution is -1.67. The highest BCUT2D eigenvalue weighted by Gasteiger charge is 1.77. The summed E-state index contributed by atoms with van der Waals surface area (Å²) in [6.07, 6.45) is 22.0. The first kappa shape index (κ1) is 9.05. The van der Waals surface area contributed by atoms with Crippen LogP contribution in [0.4, 0.5) is 0 Å². The van der Waals surface area contributed by atoms with Gasteiger partial charge in [0.05, 0.1) is 0 Å². The SMILES string of the molecule is C1=C\C/C=C/CC/C=C/C/C=C/1. The lowest BCUT2D eigenvalue weighted by molar-refractivity contribution is 1.04. The molecule has 0 saturated heterocycles. The highest BCUT2D eigenvalue weighted by atomic mass is 13.8. The molecule has 0 heterocycles. The van der Waals surface area contributed by atoms with Gasteiger partial charge in [-0.25, -0.2) is 0 Å². The molecule has 0 fully saturated rings. The molecule has 0 saturated carbocycles. The lowest BCUT2D eigenvalue weighted by Gasteiger charge is -1.88. The fourth-order valence-corrected chi connectivity index (χ4v) is 1.09. The van der Waals surface area contributed by atoms with Crippen LogP contribution in [0.1, 0.15) is 25.7 Å². The van der Waals surface area contributed by atoms with Crippen molar-refractivity contribution in [2.45, 2.75) is 25.7 Å². The maximum Gasteiger partial charge on any atom is -0.0166 e. The van der Waals surface area contributed by atoms with Crippen LogP contribution in [0.5, 0.6) is 0 Å². The molecular weight excluding hydrogens is 144 g/mol. The van der Waals surface area contributed by atoms with Gasteiger partial charge in [0.1, 0.15) is 0 Å². The number of hydrogen-bond donors (Lipinski definition) is 0. The Morgan fingerprint density at radius 3 is 1.50 bits per heavy atom. The molecule has 0 radical (unpaired) electrons. The summed E-state index contributed by atoms with van der Waals surface area (Å²) in [5.41, 5.74) is 0. The molecule has 1 rings (SSSR count). The van der Waals surface area contributed by atoms with Crippen LogP contribution in [0, 0.1) is 0 Å². The van der Waals surface area contributed by atoms with Gasteiger partial charge < -0.3 is 0 Å². The molecular formula is C12H16. The Balaban J connectivity index is 2.41. The first-order valence-electron chi connectivity index (χ1n) is 4.62. The third-order valence-electron chi connectivity index (χ3n) is 1.76. The molecule has 64 valence electrons.